The number of hydrogen-bond acceptors (Lipinski definition) is 1. The topological polar surface area (TPSA) is 26.0 Å². The van der Waals surface area contributed by atoms with Crippen molar-refractivity contribution in [2.75, 3.05) is 0 Å². The Bertz CT molecular complexity index is 333. The van der Waals surface area contributed by atoms with Crippen LogP contribution in [0, 0.1) is 0 Å². The molecular formula is C9H9BrF3N. The molecule has 78 valence electrons. The molecule has 0 aliphatic carbocycles. The number of rotatable bonds is 1. The molecule has 1 atom stereocenters. The van der Waals surface area contributed by atoms with E-state index in [1.807, 2.05) is 0 Å². The number of hydrogen-bond donors (Lipinski definition) is 1. The Morgan fingerprint density at radius 1 is 1.29 bits per heavy atom. The lowest BCUT2D eigenvalue weighted by molar-refractivity contribution is -0.137. The highest BCUT2D eigenvalue weighted by Gasteiger charge is 2.31. The Balaban J connectivity index is 3.21. The molecule has 0 saturated heterocycles. The lowest BCUT2D eigenvalue weighted by Gasteiger charge is -2.11. The van der Waals surface area contributed by atoms with Gasteiger partial charge in [-0.2, -0.15) is 13.2 Å². The summed E-state index contributed by atoms with van der Waals surface area (Å²) >= 11 is 3.02. The second-order valence-electron chi connectivity index (χ2n) is 3.06. The highest BCUT2D eigenvalue weighted by Crippen LogP contribution is 2.32. The quantitative estimate of drug-likeness (QED) is 0.828. The van der Waals surface area contributed by atoms with Gasteiger partial charge in [-0.1, -0.05) is 15.9 Å². The molecule has 0 saturated carbocycles. The fourth-order valence-corrected chi connectivity index (χ4v) is 1.55. The number of benzene rings is 1. The van der Waals surface area contributed by atoms with E-state index in [9.17, 15) is 13.2 Å². The monoisotopic (exact) mass is 267 g/mol. The van der Waals surface area contributed by atoms with Crippen LogP contribution in [0.5, 0.6) is 0 Å². The second kappa shape index (κ2) is 3.90. The van der Waals surface area contributed by atoms with Crippen molar-refractivity contribution in [1.29, 1.82) is 0 Å². The summed E-state index contributed by atoms with van der Waals surface area (Å²) in [5.41, 5.74) is 5.29. The summed E-state index contributed by atoms with van der Waals surface area (Å²) in [6, 6.07) is 3.27. The molecule has 0 aromatic heterocycles. The van der Waals surface area contributed by atoms with Crippen LogP contribution in [-0.4, -0.2) is 0 Å². The summed E-state index contributed by atoms with van der Waals surface area (Å²) in [4.78, 5) is 0. The summed E-state index contributed by atoms with van der Waals surface area (Å²) in [5.74, 6) is 0. The molecule has 0 aliphatic heterocycles. The van der Waals surface area contributed by atoms with Gasteiger partial charge in [0.15, 0.2) is 0 Å². The molecule has 0 radical (unpaired) electrons. The minimum atomic E-state index is -4.33. The van der Waals surface area contributed by atoms with Gasteiger partial charge >= 0.3 is 6.18 Å². The maximum absolute atomic E-state index is 12.3. The molecule has 0 spiro atoms. The third kappa shape index (κ3) is 2.72. The van der Waals surface area contributed by atoms with Gasteiger partial charge < -0.3 is 5.73 Å². The molecule has 2 N–H and O–H groups in total. The minimum absolute atomic E-state index is 0.389. The minimum Gasteiger partial charge on any atom is -0.324 e. The largest absolute Gasteiger partial charge is 0.416 e. The molecule has 1 rings (SSSR count). The van der Waals surface area contributed by atoms with Crippen LogP contribution < -0.4 is 5.73 Å². The van der Waals surface area contributed by atoms with Crippen LogP contribution in [0.1, 0.15) is 24.1 Å². The first kappa shape index (κ1) is 11.5. The molecule has 5 heteroatoms. The smallest absolute Gasteiger partial charge is 0.324 e. The Hall–Kier alpha value is -0.550. The molecule has 0 fully saturated rings. The molecule has 0 unspecified atom stereocenters. The van der Waals surface area contributed by atoms with E-state index in [2.05, 4.69) is 15.9 Å². The fourth-order valence-electron chi connectivity index (χ4n) is 1.04. The fraction of sp³-hybridized carbons (Fsp3) is 0.333. The van der Waals surface area contributed by atoms with Crippen molar-refractivity contribution in [3.63, 3.8) is 0 Å². The number of alkyl halides is 3. The third-order valence-corrected chi connectivity index (χ3v) is 2.23. The highest BCUT2D eigenvalue weighted by molar-refractivity contribution is 9.10. The van der Waals surface area contributed by atoms with Crippen molar-refractivity contribution in [2.24, 2.45) is 5.73 Å². The van der Waals surface area contributed by atoms with Crippen LogP contribution in [0.3, 0.4) is 0 Å². The second-order valence-corrected chi connectivity index (χ2v) is 3.98. The first-order valence-corrected chi connectivity index (χ1v) is 4.73. The van der Waals surface area contributed by atoms with Gasteiger partial charge in [0.2, 0.25) is 0 Å². The predicted octanol–water partition coefficient (Wildman–Crippen LogP) is 3.49. The van der Waals surface area contributed by atoms with Crippen LogP contribution >= 0.6 is 15.9 Å². The molecule has 1 aromatic carbocycles. The molecule has 0 amide bonds. The molecule has 0 bridgehead atoms. The van der Waals surface area contributed by atoms with Crippen molar-refractivity contribution >= 4 is 15.9 Å². The first-order chi connectivity index (χ1) is 6.30. The SMILES string of the molecule is C[C@@H](N)c1cc(Br)cc(C(F)(F)F)c1. The van der Waals surface area contributed by atoms with Gasteiger partial charge in [-0.05, 0) is 30.7 Å². The summed E-state index contributed by atoms with van der Waals surface area (Å²) < 4.78 is 37.4. The zero-order valence-corrected chi connectivity index (χ0v) is 8.98. The van der Waals surface area contributed by atoms with Gasteiger partial charge in [-0.3, -0.25) is 0 Å². The van der Waals surface area contributed by atoms with E-state index in [0.29, 0.717) is 10.0 Å². The Labute approximate surface area is 88.2 Å². The molecule has 14 heavy (non-hydrogen) atoms. The molecule has 1 nitrogen and oxygen atoms in total. The molecule has 0 heterocycles. The van der Waals surface area contributed by atoms with Crippen LogP contribution in [-0.2, 0) is 6.18 Å². The average molecular weight is 268 g/mol. The van der Waals surface area contributed by atoms with E-state index < -0.39 is 17.8 Å². The predicted molar refractivity (Wildman–Crippen MR) is 51.7 cm³/mol. The maximum atomic E-state index is 12.3. The van der Waals surface area contributed by atoms with Gasteiger partial charge in [0, 0.05) is 10.5 Å². The van der Waals surface area contributed by atoms with E-state index >= 15 is 0 Å². The van der Waals surface area contributed by atoms with Gasteiger partial charge in [-0.25, -0.2) is 0 Å². The first-order valence-electron chi connectivity index (χ1n) is 3.94. The van der Waals surface area contributed by atoms with Crippen molar-refractivity contribution in [1.82, 2.24) is 0 Å². The van der Waals surface area contributed by atoms with E-state index in [1.165, 1.54) is 0 Å². The third-order valence-electron chi connectivity index (χ3n) is 1.77. The van der Waals surface area contributed by atoms with Crippen molar-refractivity contribution in [2.45, 2.75) is 19.1 Å². The Morgan fingerprint density at radius 2 is 1.86 bits per heavy atom. The standard InChI is InChI=1S/C9H9BrF3N/c1-5(14)6-2-7(9(11,12)13)4-8(10)3-6/h2-5H,14H2,1H3/t5-/m1/s1. The van der Waals surface area contributed by atoms with Crippen LogP contribution in [0.15, 0.2) is 22.7 Å². The van der Waals surface area contributed by atoms with Crippen molar-refractivity contribution < 1.29 is 13.2 Å². The van der Waals surface area contributed by atoms with Gasteiger partial charge in [-0.15, -0.1) is 0 Å². The lowest BCUT2D eigenvalue weighted by atomic mass is 10.1. The van der Waals surface area contributed by atoms with Crippen LogP contribution in [0.4, 0.5) is 13.2 Å². The van der Waals surface area contributed by atoms with Gasteiger partial charge in [0.1, 0.15) is 0 Å². The number of nitrogens with two attached hydrogens (primary N) is 1. The van der Waals surface area contributed by atoms with E-state index in [-0.39, 0.29) is 0 Å². The zero-order chi connectivity index (χ0) is 10.9. The van der Waals surface area contributed by atoms with Gasteiger partial charge in [0.05, 0.1) is 5.56 Å². The molecular weight excluding hydrogens is 259 g/mol. The molecule has 0 aliphatic rings. The lowest BCUT2D eigenvalue weighted by Crippen LogP contribution is -2.09. The van der Waals surface area contributed by atoms with E-state index in [1.54, 1.807) is 13.0 Å². The maximum Gasteiger partial charge on any atom is 0.416 e. The summed E-state index contributed by atoms with van der Waals surface area (Å²) in [5, 5.41) is 0. The van der Waals surface area contributed by atoms with E-state index in [0.717, 1.165) is 12.1 Å². The Kier molecular flexibility index (Phi) is 3.21. The summed E-state index contributed by atoms with van der Waals surface area (Å²) in [6.45, 7) is 1.64. The van der Waals surface area contributed by atoms with Crippen molar-refractivity contribution in [3.8, 4) is 0 Å². The number of halogens is 4. The zero-order valence-electron chi connectivity index (χ0n) is 7.40. The van der Waals surface area contributed by atoms with Gasteiger partial charge in [0.25, 0.3) is 0 Å². The van der Waals surface area contributed by atoms with Crippen molar-refractivity contribution in [3.05, 3.63) is 33.8 Å². The normalized spacial score (nSPS) is 14.1. The van der Waals surface area contributed by atoms with E-state index in [4.69, 9.17) is 5.73 Å². The molecule has 1 aromatic rings. The van der Waals surface area contributed by atoms with Crippen LogP contribution in [0.2, 0.25) is 0 Å². The summed E-state index contributed by atoms with van der Waals surface area (Å²) in [7, 11) is 0. The van der Waals surface area contributed by atoms with Crippen LogP contribution in [0.25, 0.3) is 0 Å². The average Bonchev–Trinajstić information content (AvgIpc) is 2.01. The highest BCUT2D eigenvalue weighted by atomic mass is 79.9. The Morgan fingerprint density at radius 3 is 2.29 bits per heavy atom. The summed E-state index contributed by atoms with van der Waals surface area (Å²) in [6.07, 6.45) is -4.33.